The molecule has 0 saturated carbocycles. The van der Waals surface area contributed by atoms with Gasteiger partial charge in [0.05, 0.1) is 0 Å². The van der Waals surface area contributed by atoms with Crippen LogP contribution in [0, 0.1) is 5.82 Å². The average molecular weight is 350 g/mol. The lowest BCUT2D eigenvalue weighted by Crippen LogP contribution is -2.18. The zero-order chi connectivity index (χ0) is 18.5. The van der Waals surface area contributed by atoms with Crippen molar-refractivity contribution in [1.29, 1.82) is 0 Å². The standard InChI is InChI=1S/C20H15FN2O3/c21-17-5-2-6-18(12-17)22-19(24)16-4-1-3-15(11-16)13-7-9-14(10-8-13)20(25)23-26/h1-12,26H,(H,22,24)(H,23,25). The summed E-state index contributed by atoms with van der Waals surface area (Å²) < 4.78 is 13.2. The molecule has 3 rings (SSSR count). The number of benzene rings is 3. The van der Waals surface area contributed by atoms with Crippen molar-refractivity contribution in [3.05, 3.63) is 89.7 Å². The van der Waals surface area contributed by atoms with Gasteiger partial charge in [0.1, 0.15) is 5.82 Å². The molecule has 0 spiro atoms. The van der Waals surface area contributed by atoms with E-state index in [1.807, 2.05) is 6.07 Å². The summed E-state index contributed by atoms with van der Waals surface area (Å²) in [5, 5.41) is 11.3. The summed E-state index contributed by atoms with van der Waals surface area (Å²) in [5.41, 5.74) is 4.27. The van der Waals surface area contributed by atoms with Crippen molar-refractivity contribution in [3.8, 4) is 11.1 Å². The van der Waals surface area contributed by atoms with Gasteiger partial charge in [-0.1, -0.05) is 30.3 Å². The monoisotopic (exact) mass is 350 g/mol. The molecule has 0 bridgehead atoms. The molecule has 3 aromatic rings. The molecular formula is C20H15FN2O3. The molecule has 3 N–H and O–H groups in total. The lowest BCUT2D eigenvalue weighted by Gasteiger charge is -2.08. The Bertz CT molecular complexity index is 955. The second-order valence-electron chi connectivity index (χ2n) is 5.56. The van der Waals surface area contributed by atoms with Gasteiger partial charge in [-0.05, 0) is 53.6 Å². The molecule has 0 heterocycles. The van der Waals surface area contributed by atoms with Crippen molar-refractivity contribution in [1.82, 2.24) is 5.48 Å². The first-order valence-corrected chi connectivity index (χ1v) is 7.78. The van der Waals surface area contributed by atoms with E-state index in [2.05, 4.69) is 5.32 Å². The van der Waals surface area contributed by atoms with E-state index < -0.39 is 11.7 Å². The Hall–Kier alpha value is -3.51. The van der Waals surface area contributed by atoms with E-state index in [-0.39, 0.29) is 5.91 Å². The predicted molar refractivity (Wildman–Crippen MR) is 95.5 cm³/mol. The van der Waals surface area contributed by atoms with Gasteiger partial charge in [0.2, 0.25) is 0 Å². The number of halogens is 1. The van der Waals surface area contributed by atoms with Crippen molar-refractivity contribution in [2.24, 2.45) is 0 Å². The summed E-state index contributed by atoms with van der Waals surface area (Å²) in [4.78, 5) is 23.7. The van der Waals surface area contributed by atoms with Crippen molar-refractivity contribution in [2.75, 3.05) is 5.32 Å². The van der Waals surface area contributed by atoms with Gasteiger partial charge in [0, 0.05) is 16.8 Å². The van der Waals surface area contributed by atoms with E-state index in [4.69, 9.17) is 5.21 Å². The number of hydrogen-bond acceptors (Lipinski definition) is 3. The normalized spacial score (nSPS) is 10.2. The summed E-state index contributed by atoms with van der Waals surface area (Å²) >= 11 is 0. The van der Waals surface area contributed by atoms with Crippen LogP contribution in [0.25, 0.3) is 11.1 Å². The zero-order valence-electron chi connectivity index (χ0n) is 13.6. The minimum atomic E-state index is -0.597. The van der Waals surface area contributed by atoms with Crippen LogP contribution in [0.15, 0.2) is 72.8 Å². The highest BCUT2D eigenvalue weighted by atomic mass is 19.1. The van der Waals surface area contributed by atoms with Crippen LogP contribution in [0.2, 0.25) is 0 Å². The van der Waals surface area contributed by atoms with Crippen LogP contribution in [0.1, 0.15) is 20.7 Å². The maximum atomic E-state index is 13.2. The van der Waals surface area contributed by atoms with Crippen LogP contribution in [-0.2, 0) is 0 Å². The maximum absolute atomic E-state index is 13.2. The number of hydrogen-bond donors (Lipinski definition) is 3. The number of nitrogens with one attached hydrogen (secondary N) is 2. The second kappa shape index (κ2) is 7.58. The van der Waals surface area contributed by atoms with E-state index >= 15 is 0 Å². The van der Waals surface area contributed by atoms with Gasteiger partial charge in [-0.2, -0.15) is 0 Å². The van der Waals surface area contributed by atoms with Crippen LogP contribution < -0.4 is 10.8 Å². The molecule has 130 valence electrons. The summed E-state index contributed by atoms with van der Waals surface area (Å²) in [6.45, 7) is 0. The van der Waals surface area contributed by atoms with E-state index in [1.54, 1.807) is 54.0 Å². The molecule has 0 aliphatic rings. The van der Waals surface area contributed by atoms with Crippen molar-refractivity contribution >= 4 is 17.5 Å². The minimum Gasteiger partial charge on any atom is -0.322 e. The Kier molecular flexibility index (Phi) is 5.05. The molecule has 2 amide bonds. The highest BCUT2D eigenvalue weighted by Crippen LogP contribution is 2.22. The van der Waals surface area contributed by atoms with Gasteiger partial charge in [-0.3, -0.25) is 14.8 Å². The number of amides is 2. The smallest absolute Gasteiger partial charge is 0.274 e. The molecule has 6 heteroatoms. The first-order valence-electron chi connectivity index (χ1n) is 7.78. The Morgan fingerprint density at radius 1 is 0.769 bits per heavy atom. The van der Waals surface area contributed by atoms with Gasteiger partial charge in [0.15, 0.2) is 0 Å². The quantitative estimate of drug-likeness (QED) is 0.494. The fourth-order valence-electron chi connectivity index (χ4n) is 2.49. The van der Waals surface area contributed by atoms with Gasteiger partial charge < -0.3 is 5.32 Å². The molecule has 0 unspecified atom stereocenters. The Morgan fingerprint density at radius 3 is 2.19 bits per heavy atom. The number of anilines is 1. The molecule has 0 atom stereocenters. The second-order valence-corrected chi connectivity index (χ2v) is 5.56. The molecule has 5 nitrogen and oxygen atoms in total. The van der Waals surface area contributed by atoms with Crippen LogP contribution in [0.5, 0.6) is 0 Å². The van der Waals surface area contributed by atoms with Crippen molar-refractivity contribution in [3.63, 3.8) is 0 Å². The molecule has 0 radical (unpaired) electrons. The first kappa shape index (κ1) is 17.3. The number of carbonyl (C=O) groups is 2. The highest BCUT2D eigenvalue weighted by molar-refractivity contribution is 6.05. The summed E-state index contributed by atoms with van der Waals surface area (Å²) in [5.74, 6) is -1.38. The van der Waals surface area contributed by atoms with E-state index in [9.17, 15) is 14.0 Å². The van der Waals surface area contributed by atoms with Gasteiger partial charge in [-0.15, -0.1) is 0 Å². The van der Waals surface area contributed by atoms with Gasteiger partial charge >= 0.3 is 0 Å². The van der Waals surface area contributed by atoms with E-state index in [0.717, 1.165) is 11.1 Å². The lowest BCUT2D eigenvalue weighted by atomic mass is 10.0. The van der Waals surface area contributed by atoms with Crippen molar-refractivity contribution < 1.29 is 19.2 Å². The number of carbonyl (C=O) groups excluding carboxylic acids is 2. The maximum Gasteiger partial charge on any atom is 0.274 e. The van der Waals surface area contributed by atoms with Crippen molar-refractivity contribution in [2.45, 2.75) is 0 Å². The summed E-state index contributed by atoms with van der Waals surface area (Å²) in [6, 6.07) is 19.2. The Morgan fingerprint density at radius 2 is 1.50 bits per heavy atom. The van der Waals surface area contributed by atoms with Crippen LogP contribution in [0.3, 0.4) is 0 Å². The molecule has 0 aliphatic heterocycles. The molecule has 0 fully saturated rings. The number of rotatable bonds is 4. The molecular weight excluding hydrogens is 335 g/mol. The van der Waals surface area contributed by atoms with E-state index in [1.165, 1.54) is 18.2 Å². The van der Waals surface area contributed by atoms with Crippen LogP contribution >= 0.6 is 0 Å². The first-order chi connectivity index (χ1) is 12.6. The summed E-state index contributed by atoms with van der Waals surface area (Å²) in [7, 11) is 0. The summed E-state index contributed by atoms with van der Waals surface area (Å²) in [6.07, 6.45) is 0. The zero-order valence-corrected chi connectivity index (χ0v) is 13.6. The fraction of sp³-hybridized carbons (Fsp3) is 0. The third kappa shape index (κ3) is 3.93. The minimum absolute atomic E-state index is 0.316. The van der Waals surface area contributed by atoms with Gasteiger partial charge in [-0.25, -0.2) is 9.87 Å². The third-order valence-electron chi connectivity index (χ3n) is 3.79. The predicted octanol–water partition coefficient (Wildman–Crippen LogP) is 3.86. The highest BCUT2D eigenvalue weighted by Gasteiger charge is 2.09. The molecule has 0 aromatic heterocycles. The fourth-order valence-corrected chi connectivity index (χ4v) is 2.49. The Labute approximate surface area is 149 Å². The SMILES string of the molecule is O=C(NO)c1ccc(-c2cccc(C(=O)Nc3cccc(F)c3)c2)cc1. The Balaban J connectivity index is 1.81. The average Bonchev–Trinajstić information content (AvgIpc) is 2.67. The van der Waals surface area contributed by atoms with Gasteiger partial charge in [0.25, 0.3) is 11.8 Å². The van der Waals surface area contributed by atoms with Crippen LogP contribution in [-0.4, -0.2) is 17.0 Å². The van der Waals surface area contributed by atoms with Crippen LogP contribution in [0.4, 0.5) is 10.1 Å². The molecule has 0 saturated heterocycles. The third-order valence-corrected chi connectivity index (χ3v) is 3.79. The topological polar surface area (TPSA) is 78.4 Å². The lowest BCUT2D eigenvalue weighted by molar-refractivity contribution is 0.0706. The van der Waals surface area contributed by atoms with E-state index in [0.29, 0.717) is 16.8 Å². The molecule has 3 aromatic carbocycles. The number of hydroxylamine groups is 1. The molecule has 26 heavy (non-hydrogen) atoms. The largest absolute Gasteiger partial charge is 0.322 e. The molecule has 0 aliphatic carbocycles.